The van der Waals surface area contributed by atoms with Crippen LogP contribution in [0.25, 0.3) is 21.4 Å². The highest BCUT2D eigenvalue weighted by atomic mass is 32.2. The molecular weight excluding hydrogens is 353 g/mol. The van der Waals surface area contributed by atoms with Gasteiger partial charge in [-0.1, -0.05) is 18.8 Å². The number of anilines is 1. The lowest BCUT2D eigenvalue weighted by molar-refractivity contribution is 0.598. The number of nitrogen functional groups attached to an aromatic ring is 1. The number of pyridine rings is 1. The van der Waals surface area contributed by atoms with Gasteiger partial charge in [0.1, 0.15) is 19.7 Å². The molecule has 0 bridgehead atoms. The van der Waals surface area contributed by atoms with E-state index in [0.717, 1.165) is 50.2 Å². The Morgan fingerprint density at radius 2 is 2.16 bits per heavy atom. The summed E-state index contributed by atoms with van der Waals surface area (Å²) in [4.78, 5) is 22.0. The van der Waals surface area contributed by atoms with Gasteiger partial charge in [-0.15, -0.1) is 11.3 Å². The van der Waals surface area contributed by atoms with Crippen molar-refractivity contribution in [2.24, 2.45) is 0 Å². The normalized spacial score (nSPS) is 11.6. The predicted octanol–water partition coefficient (Wildman–Crippen LogP) is 1.62. The lowest BCUT2D eigenvalue weighted by Crippen LogP contribution is -2.01. The Kier molecular flexibility index (Phi) is 4.30. The van der Waals surface area contributed by atoms with Crippen LogP contribution in [0.2, 0.25) is 0 Å². The molecule has 0 atom stereocenters. The van der Waals surface area contributed by atoms with Crippen LogP contribution in [0.4, 0.5) is 5.82 Å². The second-order valence-electron chi connectivity index (χ2n) is 5.72. The molecular formula is C15H16BN7S2. The van der Waals surface area contributed by atoms with Gasteiger partial charge in [0.05, 0.1) is 10.9 Å². The van der Waals surface area contributed by atoms with E-state index in [9.17, 15) is 0 Å². The second kappa shape index (κ2) is 6.60. The SMILES string of the molecule is Bc1cncc2nc(Sc3nc4c(N)ncnc4n3CCCC)sc12. The maximum absolute atomic E-state index is 5.98. The molecule has 0 aromatic carbocycles. The third-order valence-electron chi connectivity index (χ3n) is 3.90. The summed E-state index contributed by atoms with van der Waals surface area (Å²) >= 11 is 3.20. The van der Waals surface area contributed by atoms with Gasteiger partial charge in [0.25, 0.3) is 0 Å². The van der Waals surface area contributed by atoms with Crippen LogP contribution in [-0.2, 0) is 6.54 Å². The van der Waals surface area contributed by atoms with Crippen molar-refractivity contribution in [3.05, 3.63) is 18.7 Å². The van der Waals surface area contributed by atoms with Gasteiger partial charge in [0.2, 0.25) is 0 Å². The van der Waals surface area contributed by atoms with Crippen molar-refractivity contribution in [3.8, 4) is 0 Å². The first-order valence-electron chi connectivity index (χ1n) is 8.03. The molecule has 2 N–H and O–H groups in total. The van der Waals surface area contributed by atoms with E-state index >= 15 is 0 Å². The summed E-state index contributed by atoms with van der Waals surface area (Å²) in [7, 11) is 2.05. The number of hydrogen-bond acceptors (Lipinski definition) is 8. The van der Waals surface area contributed by atoms with Crippen molar-refractivity contribution in [1.29, 1.82) is 0 Å². The largest absolute Gasteiger partial charge is 0.382 e. The summed E-state index contributed by atoms with van der Waals surface area (Å²) in [6.07, 6.45) is 7.29. The molecule has 0 aliphatic heterocycles. The molecule has 4 aromatic rings. The number of aryl methyl sites for hydroxylation is 1. The van der Waals surface area contributed by atoms with E-state index in [1.54, 1.807) is 29.3 Å². The highest BCUT2D eigenvalue weighted by Gasteiger charge is 2.17. The number of nitrogens with two attached hydrogens (primary N) is 1. The average Bonchev–Trinajstić information content (AvgIpc) is 3.16. The van der Waals surface area contributed by atoms with Crippen LogP contribution in [0, 0.1) is 0 Å². The third-order valence-corrected chi connectivity index (χ3v) is 6.16. The summed E-state index contributed by atoms with van der Waals surface area (Å²) < 4.78 is 4.21. The molecule has 10 heteroatoms. The number of unbranched alkanes of at least 4 members (excludes halogenated alkanes) is 1. The van der Waals surface area contributed by atoms with Gasteiger partial charge in [-0.3, -0.25) is 4.98 Å². The monoisotopic (exact) mass is 369 g/mol. The topological polar surface area (TPSA) is 95.4 Å². The highest BCUT2D eigenvalue weighted by molar-refractivity contribution is 8.01. The molecule has 0 unspecified atom stereocenters. The van der Waals surface area contributed by atoms with E-state index in [0.29, 0.717) is 11.3 Å². The minimum absolute atomic E-state index is 0.409. The zero-order valence-corrected chi connectivity index (χ0v) is 15.6. The summed E-state index contributed by atoms with van der Waals surface area (Å²) in [5, 5.41) is 0.848. The fourth-order valence-electron chi connectivity index (χ4n) is 2.61. The molecule has 0 aliphatic carbocycles. The number of imidazole rings is 1. The Morgan fingerprint density at radius 3 is 2.96 bits per heavy atom. The molecule has 0 spiro atoms. The standard InChI is InChI=1S/C15H16BN7S2/c1-2-3-4-23-13-10(12(17)19-7-20-13)22-14(23)25-15-21-9-6-18-5-8(16)11(9)24-15/h5-7H,2-4,16H2,1H3,(H2,17,19,20). The number of hydrogen-bond donors (Lipinski definition) is 1. The Bertz CT molecular complexity index is 1060. The number of aromatic nitrogens is 6. The molecule has 0 saturated heterocycles. The van der Waals surface area contributed by atoms with Crippen LogP contribution in [0.5, 0.6) is 0 Å². The van der Waals surface area contributed by atoms with Gasteiger partial charge in [0, 0.05) is 12.7 Å². The van der Waals surface area contributed by atoms with Crippen LogP contribution in [0.15, 0.2) is 28.2 Å². The molecule has 0 saturated carbocycles. The quantitative estimate of drug-likeness (QED) is 0.534. The van der Waals surface area contributed by atoms with Crippen LogP contribution >= 0.6 is 23.1 Å². The fourth-order valence-corrected chi connectivity index (χ4v) is 4.71. The van der Waals surface area contributed by atoms with Crippen LogP contribution < -0.4 is 11.2 Å². The first-order valence-corrected chi connectivity index (χ1v) is 9.66. The molecule has 4 aromatic heterocycles. The van der Waals surface area contributed by atoms with E-state index in [4.69, 9.17) is 5.73 Å². The summed E-state index contributed by atoms with van der Waals surface area (Å²) in [6.45, 7) is 3.01. The van der Waals surface area contributed by atoms with Gasteiger partial charge in [-0.25, -0.2) is 19.9 Å². The van der Waals surface area contributed by atoms with Crippen molar-refractivity contribution in [1.82, 2.24) is 29.5 Å². The van der Waals surface area contributed by atoms with Crippen molar-refractivity contribution in [2.75, 3.05) is 5.73 Å². The molecule has 0 amide bonds. The predicted molar refractivity (Wildman–Crippen MR) is 104 cm³/mol. The first-order chi connectivity index (χ1) is 12.2. The molecule has 0 aliphatic rings. The van der Waals surface area contributed by atoms with Gasteiger partial charge in [-0.05, 0) is 18.2 Å². The van der Waals surface area contributed by atoms with Gasteiger partial charge in [-0.2, -0.15) is 0 Å². The van der Waals surface area contributed by atoms with E-state index in [-0.39, 0.29) is 0 Å². The summed E-state index contributed by atoms with van der Waals surface area (Å²) in [6, 6.07) is 0. The molecule has 4 rings (SSSR count). The molecule has 4 heterocycles. The second-order valence-corrected chi connectivity index (χ2v) is 7.93. The summed E-state index contributed by atoms with van der Waals surface area (Å²) in [5.74, 6) is 0.409. The molecule has 126 valence electrons. The zero-order chi connectivity index (χ0) is 17.4. The van der Waals surface area contributed by atoms with E-state index in [1.165, 1.54) is 6.33 Å². The average molecular weight is 369 g/mol. The van der Waals surface area contributed by atoms with Crippen molar-refractivity contribution in [3.63, 3.8) is 0 Å². The minimum atomic E-state index is 0.409. The smallest absolute Gasteiger partial charge is 0.177 e. The Balaban J connectivity index is 1.79. The zero-order valence-electron chi connectivity index (χ0n) is 13.9. The molecule has 0 radical (unpaired) electrons. The molecule has 25 heavy (non-hydrogen) atoms. The van der Waals surface area contributed by atoms with Crippen LogP contribution in [0.1, 0.15) is 19.8 Å². The first kappa shape index (κ1) is 16.3. The van der Waals surface area contributed by atoms with E-state index in [1.807, 2.05) is 6.20 Å². The van der Waals surface area contributed by atoms with Crippen molar-refractivity contribution < 1.29 is 0 Å². The number of thiazole rings is 1. The highest BCUT2D eigenvalue weighted by Crippen LogP contribution is 2.35. The van der Waals surface area contributed by atoms with Gasteiger partial charge < -0.3 is 10.3 Å². The number of nitrogens with zero attached hydrogens (tertiary/aromatic N) is 6. The lowest BCUT2D eigenvalue weighted by atomic mass is 9.99. The summed E-state index contributed by atoms with van der Waals surface area (Å²) in [5.41, 5.74) is 9.47. The van der Waals surface area contributed by atoms with E-state index in [2.05, 4.69) is 44.3 Å². The Morgan fingerprint density at radius 1 is 1.28 bits per heavy atom. The molecule has 0 fully saturated rings. The van der Waals surface area contributed by atoms with Gasteiger partial charge >= 0.3 is 0 Å². The minimum Gasteiger partial charge on any atom is -0.382 e. The maximum Gasteiger partial charge on any atom is 0.177 e. The van der Waals surface area contributed by atoms with Crippen LogP contribution in [0.3, 0.4) is 0 Å². The van der Waals surface area contributed by atoms with Crippen molar-refractivity contribution >= 4 is 63.6 Å². The fraction of sp³-hybridized carbons (Fsp3) is 0.267. The van der Waals surface area contributed by atoms with Crippen LogP contribution in [-0.4, -0.2) is 37.3 Å². The van der Waals surface area contributed by atoms with Crippen molar-refractivity contribution in [2.45, 2.75) is 35.8 Å². The molecule has 7 nitrogen and oxygen atoms in total. The number of rotatable bonds is 5. The Labute approximate surface area is 153 Å². The lowest BCUT2D eigenvalue weighted by Gasteiger charge is -2.05. The third kappa shape index (κ3) is 2.95. The maximum atomic E-state index is 5.98. The van der Waals surface area contributed by atoms with E-state index < -0.39 is 0 Å². The number of fused-ring (bicyclic) bond motifs is 2. The van der Waals surface area contributed by atoms with Gasteiger partial charge in [0.15, 0.2) is 26.5 Å². The Hall–Kier alpha value is -2.20.